The van der Waals surface area contributed by atoms with Crippen molar-refractivity contribution in [1.29, 1.82) is 0 Å². The van der Waals surface area contributed by atoms with Crippen LogP contribution in [0.3, 0.4) is 0 Å². The van der Waals surface area contributed by atoms with Crippen molar-refractivity contribution >= 4 is 23.3 Å². The summed E-state index contributed by atoms with van der Waals surface area (Å²) >= 11 is 6.09. The van der Waals surface area contributed by atoms with Crippen LogP contribution in [0.1, 0.15) is 10.4 Å². The molecule has 0 spiro atoms. The number of para-hydroxylation sites is 1. The highest BCUT2D eigenvalue weighted by molar-refractivity contribution is 6.32. The Balaban J connectivity index is 1.84. The monoisotopic (exact) mass is 314 g/mol. The molecule has 1 amide bonds. The van der Waals surface area contributed by atoms with Gasteiger partial charge in [-0.2, -0.15) is 5.10 Å². The molecule has 6 nitrogen and oxygen atoms in total. The fourth-order valence-corrected chi connectivity index (χ4v) is 2.10. The van der Waals surface area contributed by atoms with Gasteiger partial charge >= 0.3 is 0 Å². The highest BCUT2D eigenvalue weighted by atomic mass is 35.5. The second-order valence-electron chi connectivity index (χ2n) is 4.45. The van der Waals surface area contributed by atoms with Crippen LogP contribution in [0.4, 0.5) is 5.82 Å². The first kappa shape index (κ1) is 14.1. The number of hydrogen-bond acceptors (Lipinski definition) is 4. The van der Waals surface area contributed by atoms with Crippen molar-refractivity contribution < 1.29 is 9.90 Å². The van der Waals surface area contributed by atoms with Crippen LogP contribution in [0, 0.1) is 0 Å². The summed E-state index contributed by atoms with van der Waals surface area (Å²) in [6.07, 6.45) is 4.44. The Kier molecular flexibility index (Phi) is 3.76. The Morgan fingerprint density at radius 2 is 2.05 bits per heavy atom. The lowest BCUT2D eigenvalue weighted by Crippen LogP contribution is -2.12. The molecule has 2 heterocycles. The van der Waals surface area contributed by atoms with Crippen molar-refractivity contribution in [2.45, 2.75) is 0 Å². The molecule has 1 aromatic carbocycles. The predicted octanol–water partition coefficient (Wildman–Crippen LogP) is 2.88. The first-order valence-corrected chi connectivity index (χ1v) is 6.78. The molecule has 3 aromatic rings. The van der Waals surface area contributed by atoms with E-state index < -0.39 is 5.91 Å². The van der Waals surface area contributed by atoms with Crippen molar-refractivity contribution in [3.05, 3.63) is 65.6 Å². The van der Waals surface area contributed by atoms with Crippen LogP contribution in [0.5, 0.6) is 5.75 Å². The Bertz CT molecular complexity index is 832. The van der Waals surface area contributed by atoms with Crippen LogP contribution >= 0.6 is 11.6 Å². The topological polar surface area (TPSA) is 80.0 Å². The molecule has 0 atom stereocenters. The molecule has 2 aromatic heterocycles. The van der Waals surface area contributed by atoms with Gasteiger partial charge in [-0.25, -0.2) is 9.67 Å². The van der Waals surface area contributed by atoms with E-state index in [9.17, 15) is 9.90 Å². The number of benzene rings is 1. The molecular formula is C15H11ClN4O2. The second-order valence-corrected chi connectivity index (χ2v) is 4.86. The van der Waals surface area contributed by atoms with E-state index in [-0.39, 0.29) is 11.6 Å². The fraction of sp³-hybridized carbons (Fsp3) is 0. The van der Waals surface area contributed by atoms with E-state index in [2.05, 4.69) is 15.4 Å². The zero-order chi connectivity index (χ0) is 15.5. The van der Waals surface area contributed by atoms with Crippen LogP contribution < -0.4 is 5.32 Å². The molecule has 0 aliphatic carbocycles. The summed E-state index contributed by atoms with van der Waals surface area (Å²) in [5, 5.41) is 16.8. The van der Waals surface area contributed by atoms with Crippen LogP contribution in [0.15, 0.2) is 55.0 Å². The smallest absolute Gasteiger partial charge is 0.260 e. The van der Waals surface area contributed by atoms with Gasteiger partial charge in [-0.1, -0.05) is 23.7 Å². The van der Waals surface area contributed by atoms with Gasteiger partial charge in [-0.05, 0) is 24.3 Å². The molecular weight excluding hydrogens is 304 g/mol. The van der Waals surface area contributed by atoms with Crippen LogP contribution in [0.25, 0.3) is 5.69 Å². The summed E-state index contributed by atoms with van der Waals surface area (Å²) in [7, 11) is 0. The molecule has 0 aliphatic heterocycles. The number of amides is 1. The number of carbonyl (C=O) groups is 1. The van der Waals surface area contributed by atoms with Crippen molar-refractivity contribution in [3.63, 3.8) is 0 Å². The second kappa shape index (κ2) is 5.87. The largest absolute Gasteiger partial charge is 0.504 e. The zero-order valence-corrected chi connectivity index (χ0v) is 12.0. The van der Waals surface area contributed by atoms with E-state index in [1.165, 1.54) is 23.1 Å². The molecule has 0 fully saturated rings. The van der Waals surface area contributed by atoms with Gasteiger partial charge in [-0.3, -0.25) is 4.79 Å². The lowest BCUT2D eigenvalue weighted by Gasteiger charge is -2.04. The van der Waals surface area contributed by atoms with Crippen molar-refractivity contribution in [2.24, 2.45) is 0 Å². The molecule has 2 N–H and O–H groups in total. The number of aromatic nitrogens is 3. The average Bonchev–Trinajstić information content (AvgIpc) is 3.00. The van der Waals surface area contributed by atoms with Crippen LogP contribution in [0.2, 0.25) is 5.02 Å². The Morgan fingerprint density at radius 3 is 2.82 bits per heavy atom. The third kappa shape index (κ3) is 2.77. The van der Waals surface area contributed by atoms with Crippen molar-refractivity contribution in [1.82, 2.24) is 14.8 Å². The van der Waals surface area contributed by atoms with Crippen LogP contribution in [-0.2, 0) is 0 Å². The number of anilines is 1. The summed E-state index contributed by atoms with van der Waals surface area (Å²) in [6.45, 7) is 0. The maximum Gasteiger partial charge on any atom is 0.260 e. The Hall–Kier alpha value is -2.86. The van der Waals surface area contributed by atoms with Gasteiger partial charge in [0, 0.05) is 12.4 Å². The van der Waals surface area contributed by atoms with Crippen LogP contribution in [-0.4, -0.2) is 25.8 Å². The highest BCUT2D eigenvalue weighted by Crippen LogP contribution is 2.21. The van der Waals surface area contributed by atoms with Gasteiger partial charge < -0.3 is 10.4 Å². The SMILES string of the molecule is O=C(Nc1ncccc1O)c1cnn(-c2ccccc2Cl)c1. The van der Waals surface area contributed by atoms with Crippen molar-refractivity contribution in [3.8, 4) is 11.4 Å². The van der Waals surface area contributed by atoms with Gasteiger partial charge in [0.05, 0.1) is 22.5 Å². The van der Waals surface area contributed by atoms with Gasteiger partial charge in [0.1, 0.15) is 0 Å². The first-order valence-electron chi connectivity index (χ1n) is 6.40. The minimum absolute atomic E-state index is 0.0954. The molecule has 22 heavy (non-hydrogen) atoms. The zero-order valence-electron chi connectivity index (χ0n) is 11.3. The molecule has 7 heteroatoms. The number of hydrogen-bond donors (Lipinski definition) is 2. The van der Waals surface area contributed by atoms with E-state index in [0.29, 0.717) is 16.3 Å². The molecule has 0 radical (unpaired) electrons. The predicted molar refractivity (Wildman–Crippen MR) is 82.4 cm³/mol. The summed E-state index contributed by atoms with van der Waals surface area (Å²) in [5.41, 5.74) is 0.994. The summed E-state index contributed by atoms with van der Waals surface area (Å²) in [6, 6.07) is 10.2. The van der Waals surface area contributed by atoms with Gasteiger partial charge in [0.25, 0.3) is 5.91 Å². The fourth-order valence-electron chi connectivity index (χ4n) is 1.88. The minimum atomic E-state index is -0.424. The maximum absolute atomic E-state index is 12.1. The Morgan fingerprint density at radius 1 is 1.23 bits per heavy atom. The number of nitrogens with zero attached hydrogens (tertiary/aromatic N) is 3. The maximum atomic E-state index is 12.1. The lowest BCUT2D eigenvalue weighted by atomic mass is 10.3. The van der Waals surface area contributed by atoms with E-state index in [1.54, 1.807) is 24.4 Å². The summed E-state index contributed by atoms with van der Waals surface area (Å²) in [5.74, 6) is -0.431. The first-order chi connectivity index (χ1) is 10.6. The number of pyridine rings is 1. The number of carbonyl (C=O) groups excluding carboxylic acids is 1. The van der Waals surface area contributed by atoms with E-state index >= 15 is 0 Å². The average molecular weight is 315 g/mol. The quantitative estimate of drug-likeness (QED) is 0.779. The van der Waals surface area contributed by atoms with Gasteiger partial charge in [-0.15, -0.1) is 0 Å². The summed E-state index contributed by atoms with van der Waals surface area (Å²) in [4.78, 5) is 16.0. The third-order valence-corrected chi connectivity index (χ3v) is 3.28. The number of halogens is 1. The van der Waals surface area contributed by atoms with E-state index in [1.807, 2.05) is 12.1 Å². The van der Waals surface area contributed by atoms with Crippen molar-refractivity contribution in [2.75, 3.05) is 5.32 Å². The third-order valence-electron chi connectivity index (χ3n) is 2.96. The standard InChI is InChI=1S/C15H11ClN4O2/c16-11-4-1-2-5-12(11)20-9-10(8-18-20)15(22)19-14-13(21)6-3-7-17-14/h1-9,21H,(H,17,19,22). The summed E-state index contributed by atoms with van der Waals surface area (Å²) < 4.78 is 1.51. The normalized spacial score (nSPS) is 10.4. The molecule has 0 aliphatic rings. The highest BCUT2D eigenvalue weighted by Gasteiger charge is 2.13. The number of rotatable bonds is 3. The lowest BCUT2D eigenvalue weighted by molar-refractivity contribution is 0.102. The van der Waals surface area contributed by atoms with Gasteiger partial charge in [0.2, 0.25) is 0 Å². The van der Waals surface area contributed by atoms with Gasteiger partial charge in [0.15, 0.2) is 11.6 Å². The molecule has 0 saturated heterocycles. The molecule has 0 bridgehead atoms. The molecule has 0 unspecified atom stereocenters. The van der Waals surface area contributed by atoms with E-state index in [4.69, 9.17) is 11.6 Å². The molecule has 3 rings (SSSR count). The molecule has 0 saturated carbocycles. The number of aromatic hydroxyl groups is 1. The molecule has 110 valence electrons. The van der Waals surface area contributed by atoms with E-state index in [0.717, 1.165) is 0 Å². The minimum Gasteiger partial charge on any atom is -0.504 e. The Labute approximate surface area is 131 Å². The number of nitrogens with one attached hydrogen (secondary N) is 1.